The Balaban J connectivity index is 1.80. The third kappa shape index (κ3) is 11.6. The van der Waals surface area contributed by atoms with Gasteiger partial charge in [-0.2, -0.15) is 0 Å². The van der Waals surface area contributed by atoms with Crippen LogP contribution in [0.5, 0.6) is 0 Å². The van der Waals surface area contributed by atoms with Crippen molar-refractivity contribution in [1.82, 2.24) is 10.6 Å². The fourth-order valence-corrected chi connectivity index (χ4v) is 1.74. The van der Waals surface area contributed by atoms with Gasteiger partial charge in [0.25, 0.3) is 0 Å². The summed E-state index contributed by atoms with van der Waals surface area (Å²) < 4.78 is 10.7. The number of unbranched alkanes of at least 4 members (excludes halogenated alkanes) is 1. The van der Waals surface area contributed by atoms with Gasteiger partial charge in [-0.15, -0.1) is 0 Å². The van der Waals surface area contributed by atoms with Crippen LogP contribution in [0.15, 0.2) is 0 Å². The molecular formula is C15H30N2O4. The quantitative estimate of drug-likeness (QED) is 0.406. The molecule has 0 radical (unpaired) electrons. The average molecular weight is 302 g/mol. The number of hydrogen-bond acceptors (Lipinski definition) is 5. The molecule has 1 fully saturated rings. The van der Waals surface area contributed by atoms with Gasteiger partial charge < -0.3 is 25.2 Å². The summed E-state index contributed by atoms with van der Waals surface area (Å²) in [5.41, 5.74) is 0. The Labute approximate surface area is 127 Å². The number of carbonyl (C=O) groups excluding carboxylic acids is 1. The molecule has 1 rings (SSSR count). The summed E-state index contributed by atoms with van der Waals surface area (Å²) >= 11 is 0. The van der Waals surface area contributed by atoms with Crippen LogP contribution in [0, 0.1) is 0 Å². The number of carbonyl (C=O) groups is 1. The molecular weight excluding hydrogens is 272 g/mol. The van der Waals surface area contributed by atoms with E-state index in [2.05, 4.69) is 17.6 Å². The van der Waals surface area contributed by atoms with E-state index >= 15 is 0 Å². The van der Waals surface area contributed by atoms with Crippen LogP contribution < -0.4 is 10.6 Å². The number of rotatable bonds is 14. The molecule has 3 N–H and O–H groups in total. The molecule has 0 spiro atoms. The van der Waals surface area contributed by atoms with Crippen molar-refractivity contribution < 1.29 is 19.4 Å². The number of hydrogen-bond donors (Lipinski definition) is 3. The molecule has 124 valence electrons. The Bertz CT molecular complexity index is 272. The highest BCUT2D eigenvalue weighted by atomic mass is 16.5. The standard InChI is InChI=1S/C15H30N2O4/c1-2-3-8-20-9-10-21-12-14(18)11-16-7-6-15(19)17-13-4-5-13/h13-14,16,18H,2-12H2,1H3,(H,17,19). The number of aliphatic hydroxyl groups is 1. The first-order valence-electron chi connectivity index (χ1n) is 8.06. The zero-order valence-corrected chi connectivity index (χ0v) is 13.1. The molecule has 0 aromatic carbocycles. The number of amides is 1. The zero-order chi connectivity index (χ0) is 15.3. The van der Waals surface area contributed by atoms with Gasteiger partial charge >= 0.3 is 0 Å². The van der Waals surface area contributed by atoms with Crippen LogP contribution in [-0.4, -0.2) is 62.7 Å². The average Bonchev–Trinajstić information content (AvgIpc) is 3.26. The molecule has 0 heterocycles. The summed E-state index contributed by atoms with van der Waals surface area (Å²) in [5, 5.41) is 15.7. The van der Waals surface area contributed by atoms with Crippen LogP contribution in [0.4, 0.5) is 0 Å². The van der Waals surface area contributed by atoms with Gasteiger partial charge in [0.1, 0.15) is 0 Å². The maximum Gasteiger partial charge on any atom is 0.221 e. The SMILES string of the molecule is CCCCOCCOCC(O)CNCCC(=O)NC1CC1. The molecule has 1 aliphatic rings. The molecule has 0 aromatic rings. The molecule has 21 heavy (non-hydrogen) atoms. The summed E-state index contributed by atoms with van der Waals surface area (Å²) in [7, 11) is 0. The highest BCUT2D eigenvalue weighted by molar-refractivity contribution is 5.76. The van der Waals surface area contributed by atoms with E-state index in [1.807, 2.05) is 0 Å². The molecule has 0 bridgehead atoms. The van der Waals surface area contributed by atoms with Crippen LogP contribution in [0.1, 0.15) is 39.0 Å². The third-order valence-corrected chi connectivity index (χ3v) is 3.18. The molecule has 6 heteroatoms. The van der Waals surface area contributed by atoms with Gasteiger partial charge in [-0.3, -0.25) is 4.79 Å². The molecule has 0 aliphatic heterocycles. The van der Waals surface area contributed by atoms with E-state index in [-0.39, 0.29) is 5.91 Å². The molecule has 1 saturated carbocycles. The molecule has 6 nitrogen and oxygen atoms in total. The van der Waals surface area contributed by atoms with Crippen molar-refractivity contribution in [3.8, 4) is 0 Å². The second-order valence-corrected chi connectivity index (χ2v) is 5.49. The second-order valence-electron chi connectivity index (χ2n) is 5.49. The van der Waals surface area contributed by atoms with Gasteiger partial charge in [0.05, 0.1) is 25.9 Å². The van der Waals surface area contributed by atoms with Crippen molar-refractivity contribution in [2.75, 3.05) is 39.5 Å². The largest absolute Gasteiger partial charge is 0.389 e. The van der Waals surface area contributed by atoms with Crippen LogP contribution in [0.25, 0.3) is 0 Å². The summed E-state index contributed by atoms with van der Waals surface area (Å²) in [6.07, 6.45) is 4.32. The Morgan fingerprint density at radius 2 is 2.05 bits per heavy atom. The summed E-state index contributed by atoms with van der Waals surface area (Å²) in [4.78, 5) is 11.4. The molecule has 1 amide bonds. The summed E-state index contributed by atoms with van der Waals surface area (Å²) in [6, 6.07) is 0.413. The third-order valence-electron chi connectivity index (χ3n) is 3.18. The van der Waals surface area contributed by atoms with Crippen LogP contribution >= 0.6 is 0 Å². The predicted octanol–water partition coefficient (Wildman–Crippen LogP) is 0.439. The van der Waals surface area contributed by atoms with E-state index in [0.717, 1.165) is 32.3 Å². The van der Waals surface area contributed by atoms with Gasteiger partial charge in [0, 0.05) is 32.2 Å². The topological polar surface area (TPSA) is 79.8 Å². The number of nitrogens with one attached hydrogen (secondary N) is 2. The van der Waals surface area contributed by atoms with E-state index in [4.69, 9.17) is 9.47 Å². The minimum Gasteiger partial charge on any atom is -0.389 e. The highest BCUT2D eigenvalue weighted by Gasteiger charge is 2.22. The summed E-state index contributed by atoms with van der Waals surface area (Å²) in [6.45, 7) is 5.28. The first-order chi connectivity index (χ1) is 10.2. The Morgan fingerprint density at radius 1 is 1.29 bits per heavy atom. The van der Waals surface area contributed by atoms with Crippen molar-refractivity contribution in [3.05, 3.63) is 0 Å². The van der Waals surface area contributed by atoms with E-state index in [9.17, 15) is 9.90 Å². The van der Waals surface area contributed by atoms with E-state index in [1.165, 1.54) is 0 Å². The minimum absolute atomic E-state index is 0.0833. The van der Waals surface area contributed by atoms with Gasteiger partial charge in [-0.25, -0.2) is 0 Å². The predicted molar refractivity (Wildman–Crippen MR) is 81.2 cm³/mol. The Kier molecular flexibility index (Phi) is 10.4. The van der Waals surface area contributed by atoms with E-state index in [1.54, 1.807) is 0 Å². The maximum absolute atomic E-state index is 11.4. The molecule has 1 aliphatic carbocycles. The lowest BCUT2D eigenvalue weighted by molar-refractivity contribution is -0.121. The highest BCUT2D eigenvalue weighted by Crippen LogP contribution is 2.18. The lowest BCUT2D eigenvalue weighted by Gasteiger charge is -2.12. The smallest absolute Gasteiger partial charge is 0.221 e. The maximum atomic E-state index is 11.4. The van der Waals surface area contributed by atoms with Crippen molar-refractivity contribution in [2.45, 2.75) is 51.2 Å². The van der Waals surface area contributed by atoms with Crippen molar-refractivity contribution in [1.29, 1.82) is 0 Å². The first-order valence-corrected chi connectivity index (χ1v) is 8.06. The Hall–Kier alpha value is -0.690. The molecule has 0 saturated heterocycles. The number of ether oxygens (including phenoxy) is 2. The minimum atomic E-state index is -0.549. The van der Waals surface area contributed by atoms with Gasteiger partial charge in [-0.1, -0.05) is 13.3 Å². The zero-order valence-electron chi connectivity index (χ0n) is 13.1. The van der Waals surface area contributed by atoms with E-state index in [0.29, 0.717) is 45.4 Å². The normalized spacial score (nSPS) is 15.9. The number of aliphatic hydroxyl groups excluding tert-OH is 1. The lowest BCUT2D eigenvalue weighted by Crippen LogP contribution is -2.34. The van der Waals surface area contributed by atoms with E-state index < -0.39 is 6.10 Å². The monoisotopic (exact) mass is 302 g/mol. The van der Waals surface area contributed by atoms with Gasteiger partial charge in [-0.05, 0) is 19.3 Å². The molecule has 1 unspecified atom stereocenters. The Morgan fingerprint density at radius 3 is 2.76 bits per heavy atom. The lowest BCUT2D eigenvalue weighted by atomic mass is 10.3. The fraction of sp³-hybridized carbons (Fsp3) is 0.933. The van der Waals surface area contributed by atoms with Crippen molar-refractivity contribution >= 4 is 5.91 Å². The first kappa shape index (κ1) is 18.4. The fourth-order valence-electron chi connectivity index (χ4n) is 1.74. The molecule has 0 aromatic heterocycles. The van der Waals surface area contributed by atoms with Crippen LogP contribution in [0.3, 0.4) is 0 Å². The second kappa shape index (κ2) is 11.9. The van der Waals surface area contributed by atoms with Gasteiger partial charge in [0.15, 0.2) is 0 Å². The van der Waals surface area contributed by atoms with Crippen LogP contribution in [0.2, 0.25) is 0 Å². The summed E-state index contributed by atoms with van der Waals surface area (Å²) in [5.74, 6) is 0.0833. The molecule has 1 atom stereocenters. The van der Waals surface area contributed by atoms with Gasteiger partial charge in [0.2, 0.25) is 5.91 Å². The van der Waals surface area contributed by atoms with Crippen LogP contribution in [-0.2, 0) is 14.3 Å². The van der Waals surface area contributed by atoms with Crippen molar-refractivity contribution in [2.24, 2.45) is 0 Å². The van der Waals surface area contributed by atoms with Crippen molar-refractivity contribution in [3.63, 3.8) is 0 Å².